The highest BCUT2D eigenvalue weighted by molar-refractivity contribution is 5.39. The van der Waals surface area contributed by atoms with Gasteiger partial charge in [0.05, 0.1) is 0 Å². The second kappa shape index (κ2) is 3.49. The SMILES string of the molecule is CCc1cc2n[nH]c(=O)n2c(C(C)C)n1. The van der Waals surface area contributed by atoms with Crippen molar-refractivity contribution in [2.45, 2.75) is 33.1 Å². The average Bonchev–Trinajstić information content (AvgIpc) is 2.59. The Labute approximate surface area is 87.2 Å². The van der Waals surface area contributed by atoms with Gasteiger partial charge in [0.1, 0.15) is 5.82 Å². The zero-order chi connectivity index (χ0) is 11.0. The Balaban J connectivity index is 2.83. The summed E-state index contributed by atoms with van der Waals surface area (Å²) in [4.78, 5) is 16.0. The van der Waals surface area contributed by atoms with Gasteiger partial charge < -0.3 is 0 Å². The molecule has 2 aromatic rings. The number of aryl methyl sites for hydroxylation is 1. The van der Waals surface area contributed by atoms with Gasteiger partial charge in [-0.15, -0.1) is 0 Å². The fourth-order valence-corrected chi connectivity index (χ4v) is 1.57. The van der Waals surface area contributed by atoms with Crippen molar-refractivity contribution < 1.29 is 0 Å². The third-order valence-electron chi connectivity index (χ3n) is 2.36. The Morgan fingerprint density at radius 3 is 2.87 bits per heavy atom. The number of hydrogen-bond donors (Lipinski definition) is 1. The van der Waals surface area contributed by atoms with Crippen LogP contribution in [0.4, 0.5) is 0 Å². The maximum atomic E-state index is 11.5. The molecule has 2 aromatic heterocycles. The summed E-state index contributed by atoms with van der Waals surface area (Å²) >= 11 is 0. The molecule has 0 aliphatic heterocycles. The monoisotopic (exact) mass is 206 g/mol. The first-order valence-electron chi connectivity index (χ1n) is 5.10. The van der Waals surface area contributed by atoms with Gasteiger partial charge in [-0.05, 0) is 6.42 Å². The average molecular weight is 206 g/mol. The minimum Gasteiger partial charge on any atom is -0.246 e. The summed E-state index contributed by atoms with van der Waals surface area (Å²) in [5, 5.41) is 6.40. The molecule has 5 nitrogen and oxygen atoms in total. The molecule has 0 saturated heterocycles. The summed E-state index contributed by atoms with van der Waals surface area (Å²) in [5.41, 5.74) is 1.39. The second-order valence-electron chi connectivity index (χ2n) is 3.84. The van der Waals surface area contributed by atoms with Crippen molar-refractivity contribution >= 4 is 5.65 Å². The van der Waals surface area contributed by atoms with Crippen molar-refractivity contribution in [3.8, 4) is 0 Å². The van der Waals surface area contributed by atoms with Crippen molar-refractivity contribution in [3.63, 3.8) is 0 Å². The van der Waals surface area contributed by atoms with E-state index in [1.807, 2.05) is 26.8 Å². The van der Waals surface area contributed by atoms with E-state index in [2.05, 4.69) is 15.2 Å². The van der Waals surface area contributed by atoms with Crippen LogP contribution in [-0.2, 0) is 6.42 Å². The van der Waals surface area contributed by atoms with Crippen molar-refractivity contribution in [2.24, 2.45) is 0 Å². The maximum Gasteiger partial charge on any atom is 0.349 e. The first kappa shape index (κ1) is 9.89. The van der Waals surface area contributed by atoms with E-state index in [-0.39, 0.29) is 11.6 Å². The van der Waals surface area contributed by atoms with Gasteiger partial charge in [0.2, 0.25) is 0 Å². The molecule has 0 fully saturated rings. The molecule has 0 spiro atoms. The summed E-state index contributed by atoms with van der Waals surface area (Å²) in [6.45, 7) is 6.06. The molecule has 80 valence electrons. The molecule has 0 unspecified atom stereocenters. The van der Waals surface area contributed by atoms with Crippen LogP contribution in [0.5, 0.6) is 0 Å². The number of nitrogens with zero attached hydrogens (tertiary/aromatic N) is 3. The topological polar surface area (TPSA) is 63.0 Å². The number of fused-ring (bicyclic) bond motifs is 1. The minimum absolute atomic E-state index is 0.203. The van der Waals surface area contributed by atoms with Crippen molar-refractivity contribution in [3.05, 3.63) is 28.1 Å². The van der Waals surface area contributed by atoms with E-state index in [1.54, 1.807) is 0 Å². The zero-order valence-corrected chi connectivity index (χ0v) is 9.11. The zero-order valence-electron chi connectivity index (χ0n) is 9.11. The summed E-state index contributed by atoms with van der Waals surface area (Å²) in [6, 6.07) is 1.84. The summed E-state index contributed by atoms with van der Waals surface area (Å²) in [5.74, 6) is 0.970. The molecular formula is C10H14N4O. The number of H-pyrrole nitrogens is 1. The molecule has 15 heavy (non-hydrogen) atoms. The molecule has 0 aliphatic carbocycles. The van der Waals surface area contributed by atoms with Crippen LogP contribution in [0.1, 0.15) is 38.2 Å². The van der Waals surface area contributed by atoms with E-state index >= 15 is 0 Å². The van der Waals surface area contributed by atoms with E-state index < -0.39 is 0 Å². The molecule has 0 bridgehead atoms. The lowest BCUT2D eigenvalue weighted by Crippen LogP contribution is -2.16. The largest absolute Gasteiger partial charge is 0.349 e. The van der Waals surface area contributed by atoms with E-state index in [9.17, 15) is 4.79 Å². The summed E-state index contributed by atoms with van der Waals surface area (Å²) in [7, 11) is 0. The van der Waals surface area contributed by atoms with Crippen LogP contribution >= 0.6 is 0 Å². The predicted octanol–water partition coefficient (Wildman–Crippen LogP) is 1.10. The Kier molecular flexibility index (Phi) is 2.30. The van der Waals surface area contributed by atoms with Crippen LogP contribution in [0.15, 0.2) is 10.9 Å². The van der Waals surface area contributed by atoms with Crippen molar-refractivity contribution in [1.29, 1.82) is 0 Å². The molecule has 0 aliphatic rings. The fraction of sp³-hybridized carbons (Fsp3) is 0.500. The first-order chi connectivity index (χ1) is 7.13. The van der Waals surface area contributed by atoms with Crippen LogP contribution in [0.3, 0.4) is 0 Å². The third-order valence-corrected chi connectivity index (χ3v) is 2.36. The van der Waals surface area contributed by atoms with Gasteiger partial charge in [0.25, 0.3) is 0 Å². The Bertz CT molecular complexity index is 538. The normalized spacial score (nSPS) is 11.5. The fourth-order valence-electron chi connectivity index (χ4n) is 1.57. The van der Waals surface area contributed by atoms with Gasteiger partial charge in [0.15, 0.2) is 5.65 Å². The van der Waals surface area contributed by atoms with Gasteiger partial charge in [-0.2, -0.15) is 5.10 Å². The third kappa shape index (κ3) is 1.54. The Morgan fingerprint density at radius 1 is 1.53 bits per heavy atom. The van der Waals surface area contributed by atoms with Crippen LogP contribution in [0.2, 0.25) is 0 Å². The van der Waals surface area contributed by atoms with Gasteiger partial charge in [0, 0.05) is 17.7 Å². The molecule has 2 heterocycles. The smallest absolute Gasteiger partial charge is 0.246 e. The molecule has 5 heteroatoms. The number of rotatable bonds is 2. The summed E-state index contributed by atoms with van der Waals surface area (Å²) in [6.07, 6.45) is 0.845. The van der Waals surface area contributed by atoms with Crippen molar-refractivity contribution in [2.75, 3.05) is 0 Å². The molecule has 1 N–H and O–H groups in total. The van der Waals surface area contributed by atoms with E-state index in [4.69, 9.17) is 0 Å². The molecule has 0 atom stereocenters. The molecule has 0 saturated carbocycles. The number of nitrogens with one attached hydrogen (secondary N) is 1. The highest BCUT2D eigenvalue weighted by Crippen LogP contribution is 2.13. The van der Waals surface area contributed by atoms with Gasteiger partial charge >= 0.3 is 5.69 Å². The number of aromatic nitrogens is 4. The lowest BCUT2D eigenvalue weighted by Gasteiger charge is -2.08. The van der Waals surface area contributed by atoms with Crippen LogP contribution in [0, 0.1) is 0 Å². The molecule has 0 amide bonds. The van der Waals surface area contributed by atoms with E-state index in [0.717, 1.165) is 17.9 Å². The second-order valence-corrected chi connectivity index (χ2v) is 3.84. The quantitative estimate of drug-likeness (QED) is 0.800. The standard InChI is InChI=1S/C10H14N4O/c1-4-7-5-8-12-13-10(15)14(8)9(11-7)6(2)3/h5-6H,4H2,1-3H3,(H,13,15). The van der Waals surface area contributed by atoms with E-state index in [0.29, 0.717) is 5.65 Å². The van der Waals surface area contributed by atoms with Gasteiger partial charge in [-0.3, -0.25) is 0 Å². The number of aromatic amines is 1. The highest BCUT2D eigenvalue weighted by Gasteiger charge is 2.11. The highest BCUT2D eigenvalue weighted by atomic mass is 16.1. The van der Waals surface area contributed by atoms with Gasteiger partial charge in [-0.1, -0.05) is 20.8 Å². The first-order valence-corrected chi connectivity index (χ1v) is 5.10. The van der Waals surface area contributed by atoms with Crippen LogP contribution < -0.4 is 5.69 Å². The molecule has 0 radical (unpaired) electrons. The molecule has 0 aromatic carbocycles. The predicted molar refractivity (Wildman–Crippen MR) is 57.1 cm³/mol. The summed E-state index contributed by atoms with van der Waals surface area (Å²) < 4.78 is 1.53. The molecular weight excluding hydrogens is 192 g/mol. The maximum absolute atomic E-state index is 11.5. The lowest BCUT2D eigenvalue weighted by molar-refractivity contribution is 0.728. The van der Waals surface area contributed by atoms with Crippen LogP contribution in [-0.4, -0.2) is 19.6 Å². The number of hydrogen-bond acceptors (Lipinski definition) is 3. The Morgan fingerprint density at radius 2 is 2.27 bits per heavy atom. The lowest BCUT2D eigenvalue weighted by atomic mass is 10.2. The minimum atomic E-state index is -0.219. The Hall–Kier alpha value is -1.65. The van der Waals surface area contributed by atoms with E-state index in [1.165, 1.54) is 4.40 Å². The van der Waals surface area contributed by atoms with Gasteiger partial charge in [-0.25, -0.2) is 19.3 Å². The van der Waals surface area contributed by atoms with Crippen molar-refractivity contribution in [1.82, 2.24) is 19.6 Å². The molecule has 2 rings (SSSR count). The van der Waals surface area contributed by atoms with Crippen LogP contribution in [0.25, 0.3) is 5.65 Å².